The van der Waals surface area contributed by atoms with E-state index < -0.39 is 0 Å². The molecule has 0 saturated heterocycles. The summed E-state index contributed by atoms with van der Waals surface area (Å²) >= 11 is 0. The fourth-order valence-electron chi connectivity index (χ4n) is 9.86. The van der Waals surface area contributed by atoms with Gasteiger partial charge in [-0.2, -0.15) is 0 Å². The minimum atomic E-state index is 0.875. The normalized spacial score (nSPS) is 12.3. The topological polar surface area (TPSA) is 26.2 Å². The molecule has 280 valence electrons. The number of anilines is 3. The van der Waals surface area contributed by atoms with E-state index in [1.807, 2.05) is 0 Å². The number of aromatic nitrogens is 2. The van der Waals surface area contributed by atoms with Gasteiger partial charge in [0.05, 0.1) is 33.6 Å². The molecule has 0 atom stereocenters. The van der Waals surface area contributed by atoms with Gasteiger partial charge in [0, 0.05) is 60.7 Å². The van der Waals surface area contributed by atoms with Gasteiger partial charge in [0.2, 0.25) is 0 Å². The lowest BCUT2D eigenvalue weighted by molar-refractivity contribution is 0.669. The van der Waals surface area contributed by atoms with E-state index in [0.29, 0.717) is 0 Å². The third-order valence-corrected chi connectivity index (χ3v) is 12.4. The average molecular weight is 766 g/mol. The van der Waals surface area contributed by atoms with Crippen molar-refractivity contribution in [3.05, 3.63) is 212 Å². The standard InChI is InChI=1S/C56H35N3O/c1-3-15-38(16-4-1)57-50-25-13-9-21-43(50)55-44-22-10-14-26-51(44)59(39-17-5-2-6-18-39)56(55)45-30-27-37(34-52(45)57)36-28-31-53-46(33-36)47-35-40(29-32-54(47)60-53)58-48-23-11-7-19-41(48)42-20-8-12-24-49(42)58/h1-35H. The van der Waals surface area contributed by atoms with Crippen LogP contribution in [0.15, 0.2) is 217 Å². The van der Waals surface area contributed by atoms with Gasteiger partial charge in [-0.25, -0.2) is 0 Å². The van der Waals surface area contributed by atoms with Gasteiger partial charge in [0.15, 0.2) is 0 Å². The minimum absolute atomic E-state index is 0.875. The maximum atomic E-state index is 6.51. The number of benzene rings is 9. The Labute approximate surface area is 346 Å². The molecular formula is C56H35N3O. The van der Waals surface area contributed by atoms with E-state index in [9.17, 15) is 0 Å². The molecule has 0 radical (unpaired) electrons. The first-order chi connectivity index (χ1) is 29.8. The summed E-state index contributed by atoms with van der Waals surface area (Å²) in [4.78, 5) is 2.45. The van der Waals surface area contributed by atoms with Crippen molar-refractivity contribution in [2.24, 2.45) is 0 Å². The van der Waals surface area contributed by atoms with Crippen molar-refractivity contribution >= 4 is 71.7 Å². The van der Waals surface area contributed by atoms with Crippen molar-refractivity contribution in [1.82, 2.24) is 9.13 Å². The molecule has 4 nitrogen and oxygen atoms in total. The van der Waals surface area contributed by atoms with E-state index in [1.54, 1.807) is 0 Å². The van der Waals surface area contributed by atoms with Crippen molar-refractivity contribution in [2.45, 2.75) is 0 Å². The number of hydrogen-bond acceptors (Lipinski definition) is 2. The molecule has 0 fully saturated rings. The predicted molar refractivity (Wildman–Crippen MR) is 249 cm³/mol. The van der Waals surface area contributed by atoms with Crippen LogP contribution in [-0.4, -0.2) is 9.13 Å². The summed E-state index contributed by atoms with van der Waals surface area (Å²) in [5, 5.41) is 5.92. The summed E-state index contributed by atoms with van der Waals surface area (Å²) in [6.45, 7) is 0. The zero-order valence-electron chi connectivity index (χ0n) is 32.5. The molecule has 0 aliphatic carbocycles. The summed E-state index contributed by atoms with van der Waals surface area (Å²) < 4.78 is 11.3. The van der Waals surface area contributed by atoms with Crippen LogP contribution in [-0.2, 0) is 0 Å². The van der Waals surface area contributed by atoms with E-state index in [4.69, 9.17) is 4.42 Å². The number of furan rings is 1. The van der Waals surface area contributed by atoms with Crippen LogP contribution >= 0.6 is 0 Å². The monoisotopic (exact) mass is 765 g/mol. The molecule has 0 amide bonds. The van der Waals surface area contributed by atoms with Crippen LogP contribution in [0.2, 0.25) is 0 Å². The summed E-state index contributed by atoms with van der Waals surface area (Å²) in [5.74, 6) is 0. The molecule has 3 aromatic heterocycles. The summed E-state index contributed by atoms with van der Waals surface area (Å²) in [6.07, 6.45) is 0. The van der Waals surface area contributed by atoms with Gasteiger partial charge in [-0.3, -0.25) is 0 Å². The van der Waals surface area contributed by atoms with E-state index in [0.717, 1.165) is 61.5 Å². The van der Waals surface area contributed by atoms with E-state index in [1.165, 1.54) is 55.1 Å². The lowest BCUT2D eigenvalue weighted by Crippen LogP contribution is -2.11. The molecule has 60 heavy (non-hydrogen) atoms. The molecule has 1 aliphatic rings. The molecule has 0 bridgehead atoms. The first kappa shape index (κ1) is 32.9. The van der Waals surface area contributed by atoms with Crippen molar-refractivity contribution in [1.29, 1.82) is 0 Å². The Morgan fingerprint density at radius 2 is 0.867 bits per heavy atom. The second-order valence-corrected chi connectivity index (χ2v) is 15.7. The molecule has 4 heteroatoms. The van der Waals surface area contributed by atoms with Crippen LogP contribution in [0.5, 0.6) is 0 Å². The predicted octanol–water partition coefficient (Wildman–Crippen LogP) is 15.4. The number of para-hydroxylation sites is 6. The van der Waals surface area contributed by atoms with Gasteiger partial charge in [0.1, 0.15) is 11.2 Å². The summed E-state index contributed by atoms with van der Waals surface area (Å²) in [5.41, 5.74) is 18.0. The van der Waals surface area contributed by atoms with E-state index in [2.05, 4.69) is 226 Å². The maximum absolute atomic E-state index is 6.51. The number of rotatable bonds is 4. The second-order valence-electron chi connectivity index (χ2n) is 15.7. The Bertz CT molecular complexity index is 3610. The molecule has 13 rings (SSSR count). The number of nitrogens with zero attached hydrogens (tertiary/aromatic N) is 3. The maximum Gasteiger partial charge on any atom is 0.135 e. The third-order valence-electron chi connectivity index (χ3n) is 12.4. The van der Waals surface area contributed by atoms with Crippen LogP contribution in [0.25, 0.3) is 99.5 Å². The Morgan fingerprint density at radius 3 is 1.60 bits per heavy atom. The highest BCUT2D eigenvalue weighted by molar-refractivity contribution is 6.14. The van der Waals surface area contributed by atoms with Crippen LogP contribution in [0.4, 0.5) is 17.1 Å². The van der Waals surface area contributed by atoms with Gasteiger partial charge in [0.25, 0.3) is 0 Å². The van der Waals surface area contributed by atoms with Gasteiger partial charge in [-0.1, -0.05) is 127 Å². The van der Waals surface area contributed by atoms with Gasteiger partial charge >= 0.3 is 0 Å². The van der Waals surface area contributed by atoms with Crippen molar-refractivity contribution in [3.8, 4) is 44.9 Å². The zero-order chi connectivity index (χ0) is 39.3. The quantitative estimate of drug-likeness (QED) is 0.178. The molecule has 12 aromatic rings. The minimum Gasteiger partial charge on any atom is -0.456 e. The second kappa shape index (κ2) is 12.7. The van der Waals surface area contributed by atoms with Crippen molar-refractivity contribution < 1.29 is 4.42 Å². The van der Waals surface area contributed by atoms with Gasteiger partial charge in [-0.05, 0) is 96.1 Å². The molecule has 4 heterocycles. The Hall–Kier alpha value is -8.08. The van der Waals surface area contributed by atoms with Gasteiger partial charge in [-0.15, -0.1) is 0 Å². The smallest absolute Gasteiger partial charge is 0.135 e. The number of hydrogen-bond donors (Lipinski definition) is 0. The van der Waals surface area contributed by atoms with E-state index in [-0.39, 0.29) is 0 Å². The molecule has 0 saturated carbocycles. The van der Waals surface area contributed by atoms with Crippen molar-refractivity contribution in [2.75, 3.05) is 4.90 Å². The highest BCUT2D eigenvalue weighted by Gasteiger charge is 2.31. The van der Waals surface area contributed by atoms with Crippen LogP contribution in [0, 0.1) is 0 Å². The van der Waals surface area contributed by atoms with Crippen LogP contribution < -0.4 is 4.90 Å². The molecule has 1 aliphatic heterocycles. The lowest BCUT2D eigenvalue weighted by atomic mass is 9.96. The van der Waals surface area contributed by atoms with Crippen LogP contribution in [0.1, 0.15) is 0 Å². The first-order valence-electron chi connectivity index (χ1n) is 20.5. The Kier molecular flexibility index (Phi) is 6.98. The zero-order valence-corrected chi connectivity index (χ0v) is 32.5. The number of fused-ring (bicyclic) bond motifs is 13. The largest absolute Gasteiger partial charge is 0.456 e. The molecule has 0 N–H and O–H groups in total. The third kappa shape index (κ3) is 4.73. The highest BCUT2D eigenvalue weighted by atomic mass is 16.3. The van der Waals surface area contributed by atoms with Crippen molar-refractivity contribution in [3.63, 3.8) is 0 Å². The van der Waals surface area contributed by atoms with Crippen LogP contribution in [0.3, 0.4) is 0 Å². The summed E-state index contributed by atoms with van der Waals surface area (Å²) in [7, 11) is 0. The van der Waals surface area contributed by atoms with Gasteiger partial charge < -0.3 is 18.5 Å². The fourth-order valence-corrected chi connectivity index (χ4v) is 9.86. The first-order valence-corrected chi connectivity index (χ1v) is 20.5. The van der Waals surface area contributed by atoms with E-state index >= 15 is 0 Å². The Balaban J connectivity index is 1.05. The Morgan fingerprint density at radius 1 is 0.317 bits per heavy atom. The SMILES string of the molecule is c1ccc(N2c3ccccc3-c3c(n(-c4ccccc4)c4ccccc34)-c3ccc(-c4ccc5oc6ccc(-n7c8ccccc8c8ccccc87)cc6c5c4)cc32)cc1. The molecular weight excluding hydrogens is 731 g/mol. The average Bonchev–Trinajstić information content (AvgIpc) is 3.94. The summed E-state index contributed by atoms with van der Waals surface area (Å²) in [6, 6.07) is 76.8. The molecule has 0 unspecified atom stereocenters. The highest BCUT2D eigenvalue weighted by Crippen LogP contribution is 2.55. The lowest BCUT2D eigenvalue weighted by Gasteiger charge is -2.28. The molecule has 9 aromatic carbocycles. The fraction of sp³-hybridized carbons (Fsp3) is 0. The molecule has 0 spiro atoms.